The summed E-state index contributed by atoms with van der Waals surface area (Å²) in [6.07, 6.45) is 5.27. The molecule has 11 heteroatoms. The van der Waals surface area contributed by atoms with Gasteiger partial charge in [0.1, 0.15) is 0 Å². The van der Waals surface area contributed by atoms with Crippen LogP contribution in [0.2, 0.25) is 0 Å². The predicted octanol–water partition coefficient (Wildman–Crippen LogP) is 0.349. The first-order chi connectivity index (χ1) is 12.9. The normalized spacial score (nSPS) is 23.5. The minimum Gasteiger partial charge on any atom is -0.345 e. The molecule has 27 heavy (non-hydrogen) atoms. The van der Waals surface area contributed by atoms with E-state index in [1.165, 1.54) is 6.92 Å². The molecule has 0 radical (unpaired) electrons. The number of likely N-dealkylation sites (tertiary alicyclic amines) is 1. The molecule has 142 valence electrons. The second-order valence-electron chi connectivity index (χ2n) is 7.20. The molecule has 2 atom stereocenters. The Morgan fingerprint density at radius 3 is 2.89 bits per heavy atom. The van der Waals surface area contributed by atoms with Crippen LogP contribution in [0.4, 0.5) is 0 Å². The van der Waals surface area contributed by atoms with E-state index in [1.54, 1.807) is 17.3 Å². The fourth-order valence-electron chi connectivity index (χ4n) is 3.83. The molecule has 3 aromatic rings. The molecule has 5 rings (SSSR count). The van der Waals surface area contributed by atoms with Crippen molar-refractivity contribution in [2.45, 2.75) is 43.5 Å². The topological polar surface area (TPSA) is 125 Å². The highest BCUT2D eigenvalue weighted by atomic mass is 32.2. The molecule has 1 amide bonds. The highest BCUT2D eigenvalue weighted by molar-refractivity contribution is 7.90. The molecule has 0 spiro atoms. The summed E-state index contributed by atoms with van der Waals surface area (Å²) in [6.45, 7) is 1.81. The van der Waals surface area contributed by atoms with Gasteiger partial charge in [-0.05, 0) is 25.3 Å². The number of nitrogens with one attached hydrogen (secondary N) is 2. The van der Waals surface area contributed by atoms with Crippen LogP contribution in [0.1, 0.15) is 38.1 Å². The molecular formula is C16H19N7O3S. The molecule has 2 N–H and O–H groups in total. The molecule has 10 nitrogen and oxygen atoms in total. The number of fused-ring (bicyclic) bond motifs is 3. The molecule has 3 aromatic heterocycles. The Kier molecular flexibility index (Phi) is 3.53. The summed E-state index contributed by atoms with van der Waals surface area (Å²) in [6, 6.07) is 1.19. The average molecular weight is 389 g/mol. The van der Waals surface area contributed by atoms with Gasteiger partial charge in [-0.2, -0.15) is 0 Å². The van der Waals surface area contributed by atoms with Gasteiger partial charge in [0.15, 0.2) is 17.1 Å². The highest BCUT2D eigenvalue weighted by Gasteiger charge is 2.42. The lowest BCUT2D eigenvalue weighted by atomic mass is 10.1. The van der Waals surface area contributed by atoms with Gasteiger partial charge >= 0.3 is 0 Å². The number of sulfonamides is 1. The van der Waals surface area contributed by atoms with Crippen LogP contribution >= 0.6 is 0 Å². The Morgan fingerprint density at radius 2 is 2.15 bits per heavy atom. The minimum atomic E-state index is -3.33. The molecule has 1 aliphatic carbocycles. The first-order valence-corrected chi connectivity index (χ1v) is 10.4. The number of aromatic nitrogens is 5. The van der Waals surface area contributed by atoms with Crippen molar-refractivity contribution in [3.63, 3.8) is 0 Å². The van der Waals surface area contributed by atoms with E-state index in [9.17, 15) is 13.2 Å². The monoisotopic (exact) mass is 389 g/mol. The second kappa shape index (κ2) is 5.73. The van der Waals surface area contributed by atoms with Gasteiger partial charge in [-0.15, -0.1) is 10.2 Å². The lowest BCUT2D eigenvalue weighted by Crippen LogP contribution is -2.39. The Hall–Kier alpha value is -2.53. The third-order valence-corrected chi connectivity index (χ3v) is 7.28. The van der Waals surface area contributed by atoms with Gasteiger partial charge in [-0.25, -0.2) is 18.1 Å². The number of hydrogen-bond donors (Lipinski definition) is 2. The lowest BCUT2D eigenvalue weighted by Gasteiger charge is -2.21. The van der Waals surface area contributed by atoms with Crippen molar-refractivity contribution in [1.82, 2.24) is 34.2 Å². The summed E-state index contributed by atoms with van der Waals surface area (Å²) in [5.41, 5.74) is 2.10. The van der Waals surface area contributed by atoms with E-state index < -0.39 is 10.0 Å². The molecule has 1 aliphatic heterocycles. The van der Waals surface area contributed by atoms with Gasteiger partial charge < -0.3 is 9.88 Å². The minimum absolute atomic E-state index is 0.121. The average Bonchev–Trinajstić information content (AvgIpc) is 3.05. The highest BCUT2D eigenvalue weighted by Crippen LogP contribution is 2.34. The van der Waals surface area contributed by atoms with Gasteiger partial charge in [0.2, 0.25) is 15.9 Å². The maximum Gasteiger partial charge on any atom is 0.220 e. The maximum absolute atomic E-state index is 12.3. The molecule has 4 heterocycles. The first-order valence-electron chi connectivity index (χ1n) is 8.89. The van der Waals surface area contributed by atoms with Gasteiger partial charge in [0.25, 0.3) is 0 Å². The fraction of sp³-hybridized carbons (Fsp3) is 0.500. The summed E-state index contributed by atoms with van der Waals surface area (Å²) >= 11 is 0. The number of rotatable bonds is 4. The third-order valence-electron chi connectivity index (χ3n) is 5.26. The third kappa shape index (κ3) is 2.69. The van der Waals surface area contributed by atoms with Gasteiger partial charge in [0.05, 0.1) is 23.0 Å². The molecule has 2 fully saturated rings. The van der Waals surface area contributed by atoms with Crippen LogP contribution < -0.4 is 4.72 Å². The van der Waals surface area contributed by atoms with Crippen molar-refractivity contribution < 1.29 is 13.2 Å². The Labute approximate surface area is 155 Å². The summed E-state index contributed by atoms with van der Waals surface area (Å²) in [5, 5.41) is 8.20. The van der Waals surface area contributed by atoms with Crippen LogP contribution in [0.5, 0.6) is 0 Å². The van der Waals surface area contributed by atoms with Crippen LogP contribution in [-0.4, -0.2) is 61.6 Å². The van der Waals surface area contributed by atoms with Crippen molar-refractivity contribution >= 4 is 32.7 Å². The summed E-state index contributed by atoms with van der Waals surface area (Å²) in [7, 11) is -3.33. The van der Waals surface area contributed by atoms with E-state index in [1.807, 2.05) is 10.5 Å². The lowest BCUT2D eigenvalue weighted by molar-refractivity contribution is -0.129. The predicted molar refractivity (Wildman–Crippen MR) is 96.2 cm³/mol. The summed E-state index contributed by atoms with van der Waals surface area (Å²) in [4.78, 5) is 21.2. The van der Waals surface area contributed by atoms with E-state index in [2.05, 4.69) is 24.9 Å². The zero-order valence-electron chi connectivity index (χ0n) is 14.7. The zero-order chi connectivity index (χ0) is 18.8. The van der Waals surface area contributed by atoms with E-state index in [0.29, 0.717) is 42.9 Å². The quantitative estimate of drug-likeness (QED) is 0.663. The van der Waals surface area contributed by atoms with Gasteiger partial charge in [-0.1, -0.05) is 0 Å². The van der Waals surface area contributed by atoms with E-state index in [0.717, 1.165) is 5.52 Å². The Balaban J connectivity index is 1.54. The van der Waals surface area contributed by atoms with Gasteiger partial charge in [-0.3, -0.25) is 9.20 Å². The van der Waals surface area contributed by atoms with E-state index in [4.69, 9.17) is 0 Å². The van der Waals surface area contributed by atoms with Crippen LogP contribution in [-0.2, 0) is 14.8 Å². The van der Waals surface area contributed by atoms with Crippen molar-refractivity contribution in [2.75, 3.05) is 6.54 Å². The van der Waals surface area contributed by atoms with Crippen molar-refractivity contribution in [2.24, 2.45) is 0 Å². The molecule has 0 bridgehead atoms. The largest absolute Gasteiger partial charge is 0.345 e. The van der Waals surface area contributed by atoms with E-state index >= 15 is 0 Å². The number of carbonyl (C=O) groups excluding carboxylic acids is 1. The summed E-state index contributed by atoms with van der Waals surface area (Å²) in [5.74, 6) is 0.490. The molecule has 1 unspecified atom stereocenters. The SMILES string of the molecule is CC(=O)N1C[C@H](NS(=O)(=O)C2CC2)CC1c1nnc2cnc3[nH]ccc3n12. The Bertz CT molecular complexity index is 1150. The first kappa shape index (κ1) is 16.6. The Morgan fingerprint density at radius 1 is 1.33 bits per heavy atom. The number of hydrogen-bond acceptors (Lipinski definition) is 6. The number of amides is 1. The maximum atomic E-state index is 12.3. The zero-order valence-corrected chi connectivity index (χ0v) is 15.5. The van der Waals surface area contributed by atoms with Crippen LogP contribution in [0.25, 0.3) is 16.8 Å². The summed E-state index contributed by atoms with van der Waals surface area (Å²) < 4.78 is 29.3. The fourth-order valence-corrected chi connectivity index (χ4v) is 5.42. The number of nitrogens with zero attached hydrogens (tertiary/aromatic N) is 5. The van der Waals surface area contributed by atoms with Gasteiger partial charge in [0, 0.05) is 25.7 Å². The van der Waals surface area contributed by atoms with Crippen LogP contribution in [0.3, 0.4) is 0 Å². The number of carbonyl (C=O) groups is 1. The van der Waals surface area contributed by atoms with Crippen molar-refractivity contribution in [3.8, 4) is 0 Å². The number of aromatic amines is 1. The molecule has 1 saturated carbocycles. The van der Waals surface area contributed by atoms with E-state index in [-0.39, 0.29) is 23.2 Å². The number of H-pyrrole nitrogens is 1. The molecule has 1 saturated heterocycles. The molecule has 0 aromatic carbocycles. The smallest absolute Gasteiger partial charge is 0.220 e. The van der Waals surface area contributed by atoms with Crippen LogP contribution in [0.15, 0.2) is 18.5 Å². The van der Waals surface area contributed by atoms with Crippen molar-refractivity contribution in [1.29, 1.82) is 0 Å². The van der Waals surface area contributed by atoms with Crippen LogP contribution in [0, 0.1) is 0 Å². The molecular weight excluding hydrogens is 370 g/mol. The van der Waals surface area contributed by atoms with Crippen molar-refractivity contribution in [3.05, 3.63) is 24.3 Å². The standard InChI is InChI=1S/C16H19N7O3S/c1-9(24)22-8-10(21-27(25,26)11-2-3-11)6-13(22)16-20-19-14-7-18-15-12(23(14)16)4-5-17-15/h4-5,7,10-11,13,17,21H,2-3,6,8H2,1H3/t10-,13?/m1/s1. The second-order valence-corrected chi connectivity index (χ2v) is 9.20. The molecule has 2 aliphatic rings.